The molecule has 20 heavy (non-hydrogen) atoms. The van der Waals surface area contributed by atoms with E-state index in [1.165, 1.54) is 25.7 Å². The summed E-state index contributed by atoms with van der Waals surface area (Å²) in [6.07, 6.45) is 8.35. The zero-order valence-corrected chi connectivity index (χ0v) is 12.9. The molecule has 0 unspecified atom stereocenters. The first-order chi connectivity index (χ1) is 9.72. The summed E-state index contributed by atoms with van der Waals surface area (Å²) in [4.78, 5) is 6.50. The van der Waals surface area contributed by atoms with Crippen molar-refractivity contribution in [1.82, 2.24) is 15.2 Å². The fourth-order valence-corrected chi connectivity index (χ4v) is 3.86. The fourth-order valence-electron chi connectivity index (χ4n) is 3.62. The molecule has 0 aromatic carbocycles. The fraction of sp³-hybridized carbons (Fsp3) is 0.625. The predicted molar refractivity (Wildman–Crippen MR) is 85.5 cm³/mol. The van der Waals surface area contributed by atoms with Gasteiger partial charge in [-0.15, -0.1) is 0 Å². The topological polar surface area (TPSA) is 28.2 Å². The Hall–Kier alpha value is -1.16. The van der Waals surface area contributed by atoms with E-state index in [0.717, 1.165) is 35.6 Å². The number of fused-ring (bicyclic) bond motifs is 2. The van der Waals surface area contributed by atoms with Crippen LogP contribution >= 0.6 is 12.2 Å². The zero-order chi connectivity index (χ0) is 13.9. The minimum Gasteiger partial charge on any atom is -0.360 e. The number of pyridine rings is 1. The Labute approximate surface area is 126 Å². The summed E-state index contributed by atoms with van der Waals surface area (Å²) in [7, 11) is 2.07. The second-order valence-corrected chi connectivity index (χ2v) is 6.61. The van der Waals surface area contributed by atoms with Crippen LogP contribution < -0.4 is 5.32 Å². The van der Waals surface area contributed by atoms with Crippen molar-refractivity contribution in [3.63, 3.8) is 0 Å². The van der Waals surface area contributed by atoms with E-state index in [9.17, 15) is 0 Å². The van der Waals surface area contributed by atoms with Crippen LogP contribution in [0, 0.1) is 11.8 Å². The van der Waals surface area contributed by atoms with Gasteiger partial charge in [-0.1, -0.05) is 12.5 Å². The van der Waals surface area contributed by atoms with E-state index in [1.54, 1.807) is 0 Å². The highest BCUT2D eigenvalue weighted by molar-refractivity contribution is 7.80. The summed E-state index contributed by atoms with van der Waals surface area (Å²) in [6.45, 7) is 0.920. The lowest BCUT2D eigenvalue weighted by molar-refractivity contribution is 0.374. The number of nitrogens with one attached hydrogen (secondary N) is 1. The summed E-state index contributed by atoms with van der Waals surface area (Å²) in [5.41, 5.74) is 1.13. The molecule has 108 valence electrons. The van der Waals surface area contributed by atoms with Gasteiger partial charge in [0.2, 0.25) is 0 Å². The highest BCUT2D eigenvalue weighted by atomic mass is 32.1. The highest BCUT2D eigenvalue weighted by Crippen LogP contribution is 2.44. The highest BCUT2D eigenvalue weighted by Gasteiger charge is 2.39. The van der Waals surface area contributed by atoms with Gasteiger partial charge in [0.05, 0.1) is 0 Å². The number of hydrogen-bond donors (Lipinski definition) is 1. The molecule has 2 fully saturated rings. The number of aromatic nitrogens is 1. The van der Waals surface area contributed by atoms with Crippen LogP contribution in [0.3, 0.4) is 0 Å². The SMILES string of the molecule is CN(CCc1ccccn1)C(=S)N[C@@H]1C[C@H]2CC[C@@H]1C2. The van der Waals surface area contributed by atoms with Gasteiger partial charge in [0.15, 0.2) is 5.11 Å². The number of likely N-dealkylation sites (N-methyl/N-ethyl adjacent to an activating group) is 1. The third-order valence-electron chi connectivity index (χ3n) is 4.82. The monoisotopic (exact) mass is 289 g/mol. The van der Waals surface area contributed by atoms with Gasteiger partial charge < -0.3 is 10.2 Å². The summed E-state index contributed by atoms with van der Waals surface area (Å²) in [5, 5.41) is 4.48. The Kier molecular flexibility index (Phi) is 4.20. The van der Waals surface area contributed by atoms with Crippen LogP contribution in [-0.4, -0.2) is 34.6 Å². The minimum atomic E-state index is 0.624. The van der Waals surface area contributed by atoms with Crippen molar-refractivity contribution in [3.05, 3.63) is 30.1 Å². The van der Waals surface area contributed by atoms with Gasteiger partial charge in [-0.3, -0.25) is 4.98 Å². The van der Waals surface area contributed by atoms with Crippen LogP contribution in [0.1, 0.15) is 31.4 Å². The molecule has 0 saturated heterocycles. The number of nitrogens with zero attached hydrogens (tertiary/aromatic N) is 2. The first-order valence-corrected chi connectivity index (χ1v) is 8.04. The van der Waals surface area contributed by atoms with Crippen LogP contribution in [0.2, 0.25) is 0 Å². The molecule has 1 heterocycles. The number of rotatable bonds is 4. The number of hydrogen-bond acceptors (Lipinski definition) is 2. The largest absolute Gasteiger partial charge is 0.360 e. The Bertz CT molecular complexity index is 462. The van der Waals surface area contributed by atoms with Crippen molar-refractivity contribution in [2.24, 2.45) is 11.8 Å². The van der Waals surface area contributed by atoms with Crippen molar-refractivity contribution in [3.8, 4) is 0 Å². The van der Waals surface area contributed by atoms with Crippen molar-refractivity contribution < 1.29 is 0 Å². The lowest BCUT2D eigenvalue weighted by Crippen LogP contribution is -2.45. The Morgan fingerprint density at radius 1 is 1.40 bits per heavy atom. The van der Waals surface area contributed by atoms with Crippen LogP contribution in [0.5, 0.6) is 0 Å². The summed E-state index contributed by atoms with van der Waals surface area (Å²) in [6, 6.07) is 6.68. The standard InChI is InChI=1S/C16H23N3S/c1-19(9-7-14-4-2-3-8-17-14)16(20)18-15-11-12-5-6-13(15)10-12/h2-4,8,12-13,15H,5-7,9-11H2,1H3,(H,18,20)/t12-,13+,15+/m0/s1. The molecule has 4 heteroatoms. The average molecular weight is 289 g/mol. The molecular weight excluding hydrogens is 266 g/mol. The van der Waals surface area contributed by atoms with Gasteiger partial charge in [0.25, 0.3) is 0 Å². The van der Waals surface area contributed by atoms with Crippen molar-refractivity contribution in [2.75, 3.05) is 13.6 Å². The average Bonchev–Trinajstić information content (AvgIpc) is 3.08. The molecular formula is C16H23N3S. The van der Waals surface area contributed by atoms with Gasteiger partial charge >= 0.3 is 0 Å². The van der Waals surface area contributed by atoms with E-state index in [-0.39, 0.29) is 0 Å². The normalized spacial score (nSPS) is 27.6. The van der Waals surface area contributed by atoms with Crippen LogP contribution in [0.15, 0.2) is 24.4 Å². The predicted octanol–water partition coefficient (Wildman–Crippen LogP) is 2.62. The Morgan fingerprint density at radius 2 is 2.30 bits per heavy atom. The molecule has 3 rings (SSSR count). The molecule has 2 saturated carbocycles. The third kappa shape index (κ3) is 3.11. The molecule has 3 atom stereocenters. The summed E-state index contributed by atoms with van der Waals surface area (Å²) >= 11 is 5.54. The van der Waals surface area contributed by atoms with Crippen LogP contribution in [-0.2, 0) is 6.42 Å². The van der Waals surface area contributed by atoms with E-state index in [0.29, 0.717) is 6.04 Å². The molecule has 1 N–H and O–H groups in total. The van der Waals surface area contributed by atoms with E-state index in [2.05, 4.69) is 28.3 Å². The minimum absolute atomic E-state index is 0.624. The van der Waals surface area contributed by atoms with Gasteiger partial charge in [-0.2, -0.15) is 0 Å². The smallest absolute Gasteiger partial charge is 0.168 e. The molecule has 1 aromatic rings. The van der Waals surface area contributed by atoms with Gasteiger partial charge in [-0.25, -0.2) is 0 Å². The van der Waals surface area contributed by atoms with Crippen LogP contribution in [0.25, 0.3) is 0 Å². The van der Waals surface area contributed by atoms with Crippen molar-refractivity contribution in [2.45, 2.75) is 38.1 Å². The van der Waals surface area contributed by atoms with E-state index < -0.39 is 0 Å². The molecule has 2 bridgehead atoms. The maximum Gasteiger partial charge on any atom is 0.168 e. The Balaban J connectivity index is 1.45. The molecule has 0 radical (unpaired) electrons. The van der Waals surface area contributed by atoms with E-state index in [1.807, 2.05) is 18.3 Å². The summed E-state index contributed by atoms with van der Waals surface area (Å²) < 4.78 is 0. The van der Waals surface area contributed by atoms with Crippen LogP contribution in [0.4, 0.5) is 0 Å². The molecule has 0 aliphatic heterocycles. The van der Waals surface area contributed by atoms with Crippen molar-refractivity contribution >= 4 is 17.3 Å². The van der Waals surface area contributed by atoms with E-state index in [4.69, 9.17) is 12.2 Å². The molecule has 2 aliphatic rings. The lowest BCUT2D eigenvalue weighted by atomic mass is 9.95. The van der Waals surface area contributed by atoms with Crippen molar-refractivity contribution in [1.29, 1.82) is 0 Å². The maximum atomic E-state index is 5.54. The Morgan fingerprint density at radius 3 is 2.95 bits per heavy atom. The first-order valence-electron chi connectivity index (χ1n) is 7.64. The second-order valence-electron chi connectivity index (χ2n) is 6.22. The van der Waals surface area contributed by atoms with Gasteiger partial charge in [0, 0.05) is 37.9 Å². The molecule has 2 aliphatic carbocycles. The summed E-state index contributed by atoms with van der Waals surface area (Å²) in [5.74, 6) is 1.82. The second kappa shape index (κ2) is 6.08. The third-order valence-corrected chi connectivity index (χ3v) is 5.25. The van der Waals surface area contributed by atoms with Gasteiger partial charge in [0.1, 0.15) is 0 Å². The first kappa shape index (κ1) is 13.8. The lowest BCUT2D eigenvalue weighted by Gasteiger charge is -2.28. The molecule has 1 aromatic heterocycles. The maximum absolute atomic E-state index is 5.54. The van der Waals surface area contributed by atoms with E-state index >= 15 is 0 Å². The number of thiocarbonyl (C=S) groups is 1. The molecule has 3 nitrogen and oxygen atoms in total. The molecule has 0 amide bonds. The quantitative estimate of drug-likeness (QED) is 0.863. The zero-order valence-electron chi connectivity index (χ0n) is 12.1. The molecule has 0 spiro atoms. The van der Waals surface area contributed by atoms with Gasteiger partial charge in [-0.05, 0) is 55.4 Å².